The van der Waals surface area contributed by atoms with E-state index in [4.69, 9.17) is 11.5 Å². The number of nitrogens with two attached hydrogens (primary N) is 2. The van der Waals surface area contributed by atoms with Gasteiger partial charge in [0.2, 0.25) is 0 Å². The van der Waals surface area contributed by atoms with Gasteiger partial charge in [0.1, 0.15) is 0 Å². The van der Waals surface area contributed by atoms with Crippen molar-refractivity contribution in [1.82, 2.24) is 10.3 Å². The van der Waals surface area contributed by atoms with Crippen LogP contribution in [0, 0.1) is 5.92 Å². The largest absolute Gasteiger partial charge is 0.392 e. The van der Waals surface area contributed by atoms with Crippen LogP contribution in [0.15, 0.2) is 29.7 Å². The monoisotopic (exact) mass is 360 g/mol. The van der Waals surface area contributed by atoms with E-state index in [9.17, 15) is 0 Å². The lowest BCUT2D eigenvalue weighted by atomic mass is 9.98. The molecular formula is C18H28N6S. The number of nitrogens with zero attached hydrogens (tertiary/aromatic N) is 3. The van der Waals surface area contributed by atoms with Gasteiger partial charge in [0.15, 0.2) is 0 Å². The number of rotatable bonds is 3. The van der Waals surface area contributed by atoms with Gasteiger partial charge in [-0.05, 0) is 38.3 Å². The second kappa shape index (κ2) is 7.43. The summed E-state index contributed by atoms with van der Waals surface area (Å²) in [7, 11) is 0. The zero-order chi connectivity index (χ0) is 17.2. The van der Waals surface area contributed by atoms with E-state index in [-0.39, 0.29) is 6.04 Å². The van der Waals surface area contributed by atoms with Crippen molar-refractivity contribution in [2.75, 3.05) is 36.0 Å². The fourth-order valence-electron chi connectivity index (χ4n) is 4.16. The third kappa shape index (κ3) is 3.59. The van der Waals surface area contributed by atoms with E-state index < -0.39 is 0 Å². The summed E-state index contributed by atoms with van der Waals surface area (Å²) in [6.07, 6.45) is 10.7. The Bertz CT molecular complexity index is 630. The first-order valence-electron chi connectivity index (χ1n) is 9.30. The molecule has 0 radical (unpaired) electrons. The van der Waals surface area contributed by atoms with Crippen LogP contribution in [0.4, 0.5) is 11.4 Å². The summed E-state index contributed by atoms with van der Waals surface area (Å²) < 4.78 is 0. The van der Waals surface area contributed by atoms with E-state index in [1.165, 1.54) is 18.5 Å². The van der Waals surface area contributed by atoms with E-state index in [0.29, 0.717) is 11.3 Å². The molecule has 4 rings (SSSR count). The van der Waals surface area contributed by atoms with Gasteiger partial charge in [-0.2, -0.15) is 0 Å². The van der Waals surface area contributed by atoms with Crippen LogP contribution in [0.25, 0.3) is 0 Å². The summed E-state index contributed by atoms with van der Waals surface area (Å²) in [6.45, 7) is 4.15. The topological polar surface area (TPSA) is 83.4 Å². The fraction of sp³-hybridized carbons (Fsp3) is 0.611. The lowest BCUT2D eigenvalue weighted by Gasteiger charge is -2.38. The van der Waals surface area contributed by atoms with Crippen LogP contribution >= 0.6 is 11.8 Å². The summed E-state index contributed by atoms with van der Waals surface area (Å²) >= 11 is 1.78. The van der Waals surface area contributed by atoms with Gasteiger partial charge in [0.25, 0.3) is 0 Å². The van der Waals surface area contributed by atoms with Crippen molar-refractivity contribution in [1.29, 1.82) is 0 Å². The van der Waals surface area contributed by atoms with Crippen LogP contribution in [0.3, 0.4) is 0 Å². The maximum absolute atomic E-state index is 6.22. The number of aromatic nitrogens is 1. The van der Waals surface area contributed by atoms with Crippen LogP contribution in [0.2, 0.25) is 0 Å². The molecule has 2 saturated heterocycles. The molecule has 5 N–H and O–H groups in total. The number of anilines is 2. The van der Waals surface area contributed by atoms with Crippen molar-refractivity contribution < 1.29 is 0 Å². The van der Waals surface area contributed by atoms with Gasteiger partial charge >= 0.3 is 0 Å². The molecular weight excluding hydrogens is 332 g/mol. The molecule has 1 aromatic heterocycles. The molecule has 3 aliphatic heterocycles. The predicted octanol–water partition coefficient (Wildman–Crippen LogP) is 1.65. The van der Waals surface area contributed by atoms with Crippen molar-refractivity contribution in [3.8, 4) is 0 Å². The van der Waals surface area contributed by atoms with Crippen molar-refractivity contribution in [3.63, 3.8) is 0 Å². The van der Waals surface area contributed by atoms with E-state index in [0.717, 1.165) is 49.7 Å². The van der Waals surface area contributed by atoms with Gasteiger partial charge in [-0.15, -0.1) is 0 Å². The third-order valence-electron chi connectivity index (χ3n) is 5.39. The molecule has 0 aromatic carbocycles. The molecule has 0 spiro atoms. The normalized spacial score (nSPS) is 30.4. The van der Waals surface area contributed by atoms with E-state index in [1.54, 1.807) is 11.8 Å². The molecule has 0 saturated carbocycles. The number of piperidine rings is 2. The molecule has 0 bridgehead atoms. The number of pyridine rings is 1. The smallest absolute Gasteiger partial charge is 0.0896 e. The highest BCUT2D eigenvalue weighted by molar-refractivity contribution is 8.04. The minimum atomic E-state index is 0.252. The maximum atomic E-state index is 6.22. The molecule has 3 atom stereocenters. The van der Waals surface area contributed by atoms with Crippen LogP contribution in [0.1, 0.15) is 25.7 Å². The van der Waals surface area contributed by atoms with Crippen LogP contribution in [-0.2, 0) is 0 Å². The zero-order valence-electron chi connectivity index (χ0n) is 14.6. The highest BCUT2D eigenvalue weighted by Gasteiger charge is 2.35. The Labute approximate surface area is 154 Å². The SMILES string of the molecule is NC1=CN(c2cnccc2N2CCCC(N)C2)C(C2CCCNC2)S1. The maximum Gasteiger partial charge on any atom is 0.0896 e. The number of hydrogen-bond acceptors (Lipinski definition) is 7. The quantitative estimate of drug-likeness (QED) is 0.756. The number of thioether (sulfide) groups is 1. The van der Waals surface area contributed by atoms with Crippen molar-refractivity contribution in [3.05, 3.63) is 29.7 Å². The molecule has 0 amide bonds. The highest BCUT2D eigenvalue weighted by Crippen LogP contribution is 2.43. The van der Waals surface area contributed by atoms with Gasteiger partial charge < -0.3 is 26.6 Å². The first kappa shape index (κ1) is 17.0. The van der Waals surface area contributed by atoms with Crippen LogP contribution in [0.5, 0.6) is 0 Å². The molecule has 25 heavy (non-hydrogen) atoms. The highest BCUT2D eigenvalue weighted by atomic mass is 32.2. The lowest BCUT2D eigenvalue weighted by Crippen LogP contribution is -2.44. The van der Waals surface area contributed by atoms with Gasteiger partial charge in [-0.1, -0.05) is 11.8 Å². The van der Waals surface area contributed by atoms with Crippen molar-refractivity contribution in [2.24, 2.45) is 17.4 Å². The molecule has 3 aliphatic rings. The molecule has 7 heteroatoms. The molecule has 1 aromatic rings. The van der Waals surface area contributed by atoms with Gasteiger partial charge in [-0.25, -0.2) is 0 Å². The predicted molar refractivity (Wildman–Crippen MR) is 105 cm³/mol. The summed E-state index contributed by atoms with van der Waals surface area (Å²) in [5.41, 5.74) is 14.8. The first-order chi connectivity index (χ1) is 12.2. The van der Waals surface area contributed by atoms with Crippen LogP contribution < -0.4 is 26.6 Å². The van der Waals surface area contributed by atoms with Gasteiger partial charge in [0.05, 0.1) is 28.0 Å². The summed E-state index contributed by atoms with van der Waals surface area (Å²) in [4.78, 5) is 9.17. The fourth-order valence-corrected chi connectivity index (χ4v) is 5.33. The Morgan fingerprint density at radius 3 is 2.96 bits per heavy atom. The van der Waals surface area contributed by atoms with Crippen LogP contribution in [-0.4, -0.2) is 42.6 Å². The van der Waals surface area contributed by atoms with E-state index >= 15 is 0 Å². The van der Waals surface area contributed by atoms with E-state index in [1.807, 2.05) is 12.4 Å². The van der Waals surface area contributed by atoms with Crippen molar-refractivity contribution >= 4 is 23.1 Å². The second-order valence-corrected chi connectivity index (χ2v) is 8.46. The Kier molecular flexibility index (Phi) is 5.05. The van der Waals surface area contributed by atoms with Crippen molar-refractivity contribution in [2.45, 2.75) is 37.1 Å². The average molecular weight is 361 g/mol. The molecule has 136 valence electrons. The Hall–Kier alpha value is -1.44. The third-order valence-corrected chi connectivity index (χ3v) is 6.62. The molecule has 4 heterocycles. The summed E-state index contributed by atoms with van der Waals surface area (Å²) in [5.74, 6) is 0.590. The second-order valence-electron chi connectivity index (χ2n) is 7.27. The number of hydrogen-bond donors (Lipinski definition) is 3. The average Bonchev–Trinajstić information content (AvgIpc) is 3.04. The zero-order valence-corrected chi connectivity index (χ0v) is 15.4. The molecule has 2 fully saturated rings. The summed E-state index contributed by atoms with van der Waals surface area (Å²) in [5, 5.41) is 4.77. The van der Waals surface area contributed by atoms with Gasteiger partial charge in [-0.3, -0.25) is 4.98 Å². The summed E-state index contributed by atoms with van der Waals surface area (Å²) in [6, 6.07) is 2.37. The number of nitrogens with one attached hydrogen (secondary N) is 1. The molecule has 0 aliphatic carbocycles. The first-order valence-corrected chi connectivity index (χ1v) is 10.2. The van der Waals surface area contributed by atoms with Gasteiger partial charge in [0, 0.05) is 44.0 Å². The van der Waals surface area contributed by atoms with E-state index in [2.05, 4.69) is 32.4 Å². The minimum absolute atomic E-state index is 0.252. The Morgan fingerprint density at radius 2 is 2.16 bits per heavy atom. The Balaban J connectivity index is 1.63. The standard InChI is InChI=1S/C18H28N6S/c19-14-4-2-8-23(11-14)15-5-7-22-10-16(15)24-12-17(20)25-18(24)13-3-1-6-21-9-13/h5,7,10,12-14,18,21H,1-4,6,8-9,11,19-20H2. The lowest BCUT2D eigenvalue weighted by molar-refractivity contribution is 0.369. The molecule has 6 nitrogen and oxygen atoms in total. The molecule has 3 unspecified atom stereocenters. The Morgan fingerprint density at radius 1 is 1.24 bits per heavy atom. The minimum Gasteiger partial charge on any atom is -0.392 e.